The minimum absolute atomic E-state index is 0.742. The quantitative estimate of drug-likeness (QED) is 0.383. The smallest absolute Gasteiger partial charge is 0.170 e. The lowest BCUT2D eigenvalue weighted by Crippen LogP contribution is -2.28. The Balaban J connectivity index is 1.65. The van der Waals surface area contributed by atoms with E-state index in [9.17, 15) is 0 Å². The van der Waals surface area contributed by atoms with E-state index < -0.39 is 0 Å². The summed E-state index contributed by atoms with van der Waals surface area (Å²) in [5.74, 6) is 0.796. The fraction of sp³-hybridized carbons (Fsp3) is 0.417. The zero-order chi connectivity index (χ0) is 22.1. The van der Waals surface area contributed by atoms with E-state index in [0.29, 0.717) is 0 Å². The van der Waals surface area contributed by atoms with Gasteiger partial charge in [-0.25, -0.2) is 4.98 Å². The molecule has 1 aromatic carbocycles. The fourth-order valence-corrected chi connectivity index (χ4v) is 5.83. The molecule has 3 heterocycles. The summed E-state index contributed by atoms with van der Waals surface area (Å²) in [6.45, 7) is 8.23. The van der Waals surface area contributed by atoms with Crippen molar-refractivity contribution in [3.8, 4) is 11.1 Å². The Bertz CT molecular complexity index is 1250. The van der Waals surface area contributed by atoms with E-state index in [1.807, 2.05) is 12.1 Å². The second kappa shape index (κ2) is 9.25. The number of pyridine rings is 1. The van der Waals surface area contributed by atoms with Gasteiger partial charge in [0.1, 0.15) is 15.0 Å². The second-order valence-corrected chi connectivity index (χ2v) is 9.61. The third-order valence-electron chi connectivity index (χ3n) is 6.34. The Labute approximate surface area is 197 Å². The standard InChI is InChI=1S/C24H27ClN6S/c1-3-31(4-2)14-13-26-23-22-21(28-30-29-23)20-19(15-9-11-16(25)12-10-15)17-7-5-6-8-18(17)27-24(20)32-22/h9-12H,3-8,13-14H2,1-2H3,(H,26,28,29). The van der Waals surface area contributed by atoms with Crippen LogP contribution in [0.25, 0.3) is 31.6 Å². The molecule has 3 aromatic heterocycles. The first kappa shape index (κ1) is 21.5. The van der Waals surface area contributed by atoms with Gasteiger partial charge in [0.2, 0.25) is 0 Å². The first-order valence-corrected chi connectivity index (χ1v) is 12.6. The minimum atomic E-state index is 0.742. The van der Waals surface area contributed by atoms with Crippen molar-refractivity contribution in [2.45, 2.75) is 39.5 Å². The van der Waals surface area contributed by atoms with Crippen LogP contribution in [-0.2, 0) is 12.8 Å². The van der Waals surface area contributed by atoms with Crippen molar-refractivity contribution in [1.29, 1.82) is 0 Å². The third kappa shape index (κ3) is 3.93. The SMILES string of the molecule is CCN(CC)CCNc1nnnc2c1sc1nc3c(c(-c4ccc(Cl)cc4)c12)CCCC3. The van der Waals surface area contributed by atoms with Gasteiger partial charge >= 0.3 is 0 Å². The van der Waals surface area contributed by atoms with Crippen molar-refractivity contribution in [3.63, 3.8) is 0 Å². The van der Waals surface area contributed by atoms with Crippen molar-refractivity contribution in [3.05, 3.63) is 40.5 Å². The summed E-state index contributed by atoms with van der Waals surface area (Å²) in [5, 5.41) is 18.3. The molecule has 0 saturated carbocycles. The van der Waals surface area contributed by atoms with Crippen LogP contribution in [0, 0.1) is 0 Å². The number of aromatic nitrogens is 4. The molecule has 1 aliphatic rings. The van der Waals surface area contributed by atoms with E-state index >= 15 is 0 Å². The van der Waals surface area contributed by atoms with E-state index in [-0.39, 0.29) is 0 Å². The number of thiophene rings is 1. The highest BCUT2D eigenvalue weighted by Crippen LogP contribution is 2.44. The molecular weight excluding hydrogens is 440 g/mol. The number of nitrogens with zero attached hydrogens (tertiary/aromatic N) is 5. The van der Waals surface area contributed by atoms with Gasteiger partial charge in [0, 0.05) is 29.2 Å². The van der Waals surface area contributed by atoms with Crippen molar-refractivity contribution in [2.75, 3.05) is 31.5 Å². The summed E-state index contributed by atoms with van der Waals surface area (Å²) in [6, 6.07) is 8.13. The number of aryl methyl sites for hydroxylation is 1. The zero-order valence-electron chi connectivity index (χ0n) is 18.5. The zero-order valence-corrected chi connectivity index (χ0v) is 20.1. The molecule has 1 N–H and O–H groups in total. The Morgan fingerprint density at radius 1 is 1.06 bits per heavy atom. The molecular formula is C24H27ClN6S. The number of halogens is 1. The minimum Gasteiger partial charge on any atom is -0.366 e. The first-order valence-electron chi connectivity index (χ1n) is 11.4. The molecule has 32 heavy (non-hydrogen) atoms. The van der Waals surface area contributed by atoms with Gasteiger partial charge in [0.05, 0.1) is 0 Å². The molecule has 6 nitrogen and oxygen atoms in total. The number of fused-ring (bicyclic) bond motifs is 4. The second-order valence-electron chi connectivity index (χ2n) is 8.18. The highest BCUT2D eigenvalue weighted by molar-refractivity contribution is 7.26. The van der Waals surface area contributed by atoms with Crippen LogP contribution in [0.5, 0.6) is 0 Å². The summed E-state index contributed by atoms with van der Waals surface area (Å²) in [4.78, 5) is 8.49. The van der Waals surface area contributed by atoms with Crippen LogP contribution in [0.2, 0.25) is 5.02 Å². The molecule has 5 rings (SSSR count). The van der Waals surface area contributed by atoms with Gasteiger partial charge in [0.25, 0.3) is 0 Å². The Hall–Kier alpha value is -2.35. The predicted molar refractivity (Wildman–Crippen MR) is 134 cm³/mol. The predicted octanol–water partition coefficient (Wildman–Crippen LogP) is 5.59. The molecule has 0 fully saturated rings. The van der Waals surface area contributed by atoms with E-state index in [1.165, 1.54) is 29.7 Å². The molecule has 0 saturated heterocycles. The van der Waals surface area contributed by atoms with E-state index in [4.69, 9.17) is 16.6 Å². The van der Waals surface area contributed by atoms with E-state index in [0.717, 1.165) is 75.9 Å². The average molecular weight is 467 g/mol. The topological polar surface area (TPSA) is 66.8 Å². The molecule has 1 aliphatic carbocycles. The molecule has 166 valence electrons. The number of benzene rings is 1. The third-order valence-corrected chi connectivity index (χ3v) is 7.68. The van der Waals surface area contributed by atoms with Gasteiger partial charge in [-0.3, -0.25) is 0 Å². The summed E-state index contributed by atoms with van der Waals surface area (Å²) in [6.07, 6.45) is 4.45. The normalized spacial score (nSPS) is 13.8. The number of hydrogen-bond acceptors (Lipinski definition) is 7. The van der Waals surface area contributed by atoms with Crippen LogP contribution in [0.3, 0.4) is 0 Å². The first-order chi connectivity index (χ1) is 15.7. The van der Waals surface area contributed by atoms with Crippen molar-refractivity contribution < 1.29 is 0 Å². The molecule has 0 unspecified atom stereocenters. The Morgan fingerprint density at radius 3 is 2.62 bits per heavy atom. The van der Waals surface area contributed by atoms with Crippen molar-refractivity contribution in [1.82, 2.24) is 25.3 Å². The Morgan fingerprint density at radius 2 is 1.84 bits per heavy atom. The molecule has 0 spiro atoms. The lowest BCUT2D eigenvalue weighted by atomic mass is 9.87. The number of rotatable bonds is 7. The average Bonchev–Trinajstić information content (AvgIpc) is 3.20. The summed E-state index contributed by atoms with van der Waals surface area (Å²) >= 11 is 7.86. The van der Waals surface area contributed by atoms with Crippen LogP contribution in [0.15, 0.2) is 24.3 Å². The molecule has 0 amide bonds. The van der Waals surface area contributed by atoms with E-state index in [2.05, 4.69) is 51.6 Å². The Kier molecular flexibility index (Phi) is 6.22. The van der Waals surface area contributed by atoms with Crippen molar-refractivity contribution >= 4 is 49.2 Å². The van der Waals surface area contributed by atoms with Gasteiger partial charge in [0.15, 0.2) is 5.82 Å². The maximum atomic E-state index is 6.19. The summed E-state index contributed by atoms with van der Waals surface area (Å²) in [5.41, 5.74) is 5.85. The molecule has 0 radical (unpaired) electrons. The highest BCUT2D eigenvalue weighted by atomic mass is 35.5. The molecule has 0 aliphatic heterocycles. The molecule has 0 bridgehead atoms. The highest BCUT2D eigenvalue weighted by Gasteiger charge is 2.24. The molecule has 8 heteroatoms. The van der Waals surface area contributed by atoms with Gasteiger partial charge in [-0.15, -0.1) is 21.5 Å². The van der Waals surface area contributed by atoms with Crippen LogP contribution in [0.4, 0.5) is 5.82 Å². The molecule has 0 atom stereocenters. The number of anilines is 1. The van der Waals surface area contributed by atoms with Crippen LogP contribution >= 0.6 is 22.9 Å². The number of likely N-dealkylation sites (N-methyl/N-ethyl adjacent to an activating group) is 1. The van der Waals surface area contributed by atoms with Gasteiger partial charge in [-0.1, -0.05) is 37.6 Å². The van der Waals surface area contributed by atoms with Crippen molar-refractivity contribution in [2.24, 2.45) is 0 Å². The van der Waals surface area contributed by atoms with Gasteiger partial charge in [-0.2, -0.15) is 0 Å². The largest absolute Gasteiger partial charge is 0.366 e. The van der Waals surface area contributed by atoms with Gasteiger partial charge in [-0.05, 0) is 72.8 Å². The fourth-order valence-electron chi connectivity index (χ4n) is 4.61. The molecule has 4 aromatic rings. The van der Waals surface area contributed by atoms with Gasteiger partial charge < -0.3 is 10.2 Å². The maximum Gasteiger partial charge on any atom is 0.170 e. The van der Waals surface area contributed by atoms with Crippen LogP contribution < -0.4 is 5.32 Å². The summed E-state index contributed by atoms with van der Waals surface area (Å²) < 4.78 is 1.03. The number of hydrogen-bond donors (Lipinski definition) is 1. The monoisotopic (exact) mass is 466 g/mol. The van der Waals surface area contributed by atoms with E-state index in [1.54, 1.807) is 11.3 Å². The maximum absolute atomic E-state index is 6.19. The van der Waals surface area contributed by atoms with Crippen LogP contribution in [-0.4, -0.2) is 51.5 Å². The summed E-state index contributed by atoms with van der Waals surface area (Å²) in [7, 11) is 0. The lowest BCUT2D eigenvalue weighted by molar-refractivity contribution is 0.316. The number of nitrogens with one attached hydrogen (secondary N) is 1. The van der Waals surface area contributed by atoms with Crippen LogP contribution in [0.1, 0.15) is 37.9 Å². The lowest BCUT2D eigenvalue weighted by Gasteiger charge is -2.20.